The molecule has 0 aliphatic heterocycles. The van der Waals surface area contributed by atoms with Gasteiger partial charge in [-0.1, -0.05) is 98.2 Å². The summed E-state index contributed by atoms with van der Waals surface area (Å²) in [6.45, 7) is 16.3. The maximum Gasteiger partial charge on any atom is 0.0120 e. The molecule has 0 radical (unpaired) electrons. The van der Waals surface area contributed by atoms with Gasteiger partial charge in [-0.3, -0.25) is 0 Å². The van der Waals surface area contributed by atoms with Crippen LogP contribution < -0.4 is 0 Å². The van der Waals surface area contributed by atoms with Gasteiger partial charge in [0.15, 0.2) is 0 Å². The predicted octanol–water partition coefficient (Wildman–Crippen LogP) is 8.58. The Bertz CT molecular complexity index is 1080. The van der Waals surface area contributed by atoms with E-state index in [-0.39, 0.29) is 0 Å². The summed E-state index contributed by atoms with van der Waals surface area (Å²) in [5, 5.41) is 0. The largest absolute Gasteiger partial charge is 0.0995 e. The minimum atomic E-state index is 0.441. The Labute approximate surface area is 195 Å². The standard InChI is InChI=1S/C32H38/c1-6-8-21(3)30-22(4)16-29-19-28(18-24-12-14-25-9-7-10-26(25)17-24)23(5)31(29)32(30)27-13-11-20(2)15-27/h11-14,16-18,22,30-32H,3,5-10,15,19H2,1-2,4H3. The normalized spacial score (nSPS) is 30.2. The van der Waals surface area contributed by atoms with Crippen molar-refractivity contribution in [3.63, 3.8) is 0 Å². The Balaban J connectivity index is 1.51. The fraction of sp³-hybridized carbons (Fsp3) is 0.438. The van der Waals surface area contributed by atoms with Gasteiger partial charge >= 0.3 is 0 Å². The molecule has 1 aromatic rings. The molecule has 0 amide bonds. The van der Waals surface area contributed by atoms with E-state index in [0.29, 0.717) is 23.7 Å². The van der Waals surface area contributed by atoms with Gasteiger partial charge in [-0.15, -0.1) is 0 Å². The van der Waals surface area contributed by atoms with Crippen LogP contribution in [0, 0.1) is 23.7 Å². The molecule has 0 saturated heterocycles. The van der Waals surface area contributed by atoms with E-state index < -0.39 is 0 Å². The van der Waals surface area contributed by atoms with Crippen LogP contribution in [-0.2, 0) is 12.8 Å². The van der Waals surface area contributed by atoms with E-state index in [1.54, 1.807) is 22.3 Å². The summed E-state index contributed by atoms with van der Waals surface area (Å²) in [4.78, 5) is 0. The molecule has 0 heteroatoms. The lowest BCUT2D eigenvalue weighted by Gasteiger charge is -2.42. The molecule has 4 aliphatic rings. The van der Waals surface area contributed by atoms with Crippen molar-refractivity contribution in [2.75, 3.05) is 0 Å². The van der Waals surface area contributed by atoms with Crippen LogP contribution in [0.4, 0.5) is 0 Å². The highest BCUT2D eigenvalue weighted by atomic mass is 14.5. The number of aryl methyl sites for hydroxylation is 2. The first kappa shape index (κ1) is 21.5. The van der Waals surface area contributed by atoms with Crippen molar-refractivity contribution >= 4 is 6.08 Å². The van der Waals surface area contributed by atoms with Gasteiger partial charge < -0.3 is 0 Å². The van der Waals surface area contributed by atoms with Crippen molar-refractivity contribution in [1.29, 1.82) is 0 Å². The zero-order valence-corrected chi connectivity index (χ0v) is 20.2. The molecular formula is C32H38. The molecule has 4 atom stereocenters. The Morgan fingerprint density at radius 3 is 2.66 bits per heavy atom. The number of hydrogen-bond donors (Lipinski definition) is 0. The third-order valence-corrected chi connectivity index (χ3v) is 8.37. The first-order valence-corrected chi connectivity index (χ1v) is 12.7. The second-order valence-corrected chi connectivity index (χ2v) is 10.7. The molecule has 166 valence electrons. The molecule has 0 N–H and O–H groups in total. The van der Waals surface area contributed by atoms with Crippen molar-refractivity contribution in [2.24, 2.45) is 23.7 Å². The van der Waals surface area contributed by atoms with Gasteiger partial charge in [-0.05, 0) is 91.0 Å². The van der Waals surface area contributed by atoms with Crippen LogP contribution in [0.3, 0.4) is 0 Å². The molecule has 5 rings (SSSR count). The summed E-state index contributed by atoms with van der Waals surface area (Å²) >= 11 is 0. The molecule has 0 aromatic heterocycles. The van der Waals surface area contributed by atoms with Crippen LogP contribution >= 0.6 is 0 Å². The summed E-state index contributed by atoms with van der Waals surface area (Å²) < 4.78 is 0. The first-order valence-electron chi connectivity index (χ1n) is 12.7. The van der Waals surface area contributed by atoms with Gasteiger partial charge in [0.05, 0.1) is 0 Å². The SMILES string of the molecule is C=C1C(=Cc2ccc3c(c2)CCC3)CC2=CC(C)C(C(=C)CCC)C(C3=CC=C(C)C3)C12. The van der Waals surface area contributed by atoms with Crippen LogP contribution in [0.25, 0.3) is 6.08 Å². The second kappa shape index (κ2) is 8.54. The molecule has 4 unspecified atom stereocenters. The van der Waals surface area contributed by atoms with E-state index in [2.05, 4.69) is 69.9 Å². The summed E-state index contributed by atoms with van der Waals surface area (Å²) in [5.41, 5.74) is 13.4. The number of rotatable bonds is 5. The third-order valence-electron chi connectivity index (χ3n) is 8.37. The van der Waals surface area contributed by atoms with Crippen LogP contribution in [0.5, 0.6) is 0 Å². The van der Waals surface area contributed by atoms with Gasteiger partial charge in [-0.25, -0.2) is 0 Å². The van der Waals surface area contributed by atoms with Crippen LogP contribution in [-0.4, -0.2) is 0 Å². The number of fused-ring (bicyclic) bond motifs is 2. The third kappa shape index (κ3) is 3.72. The summed E-state index contributed by atoms with van der Waals surface area (Å²) in [5.74, 6) is 2.01. The molecule has 4 aliphatic carbocycles. The molecule has 1 fully saturated rings. The van der Waals surface area contributed by atoms with Crippen molar-refractivity contribution in [3.8, 4) is 0 Å². The maximum absolute atomic E-state index is 4.71. The van der Waals surface area contributed by atoms with Crippen molar-refractivity contribution in [1.82, 2.24) is 0 Å². The van der Waals surface area contributed by atoms with Gasteiger partial charge in [0.25, 0.3) is 0 Å². The molecule has 1 aromatic carbocycles. The van der Waals surface area contributed by atoms with E-state index >= 15 is 0 Å². The maximum atomic E-state index is 4.71. The van der Waals surface area contributed by atoms with Crippen molar-refractivity contribution in [3.05, 3.63) is 99.7 Å². The quantitative estimate of drug-likeness (QED) is 0.417. The highest BCUT2D eigenvalue weighted by molar-refractivity contribution is 5.65. The number of allylic oxidation sites excluding steroid dienone is 9. The summed E-state index contributed by atoms with van der Waals surface area (Å²) in [6, 6.07) is 7.10. The average molecular weight is 423 g/mol. The monoisotopic (exact) mass is 422 g/mol. The lowest BCUT2D eigenvalue weighted by atomic mass is 9.62. The Kier molecular flexibility index (Phi) is 5.74. The molecule has 0 spiro atoms. The number of benzene rings is 1. The Morgan fingerprint density at radius 2 is 1.91 bits per heavy atom. The topological polar surface area (TPSA) is 0 Å². The van der Waals surface area contributed by atoms with E-state index in [1.807, 2.05) is 0 Å². The fourth-order valence-electron chi connectivity index (χ4n) is 6.96. The lowest BCUT2D eigenvalue weighted by Crippen LogP contribution is -2.34. The molecular weight excluding hydrogens is 384 g/mol. The smallest absolute Gasteiger partial charge is 0.0120 e. The lowest BCUT2D eigenvalue weighted by molar-refractivity contribution is 0.281. The molecule has 32 heavy (non-hydrogen) atoms. The Hall–Kier alpha value is -2.34. The minimum Gasteiger partial charge on any atom is -0.0995 e. The summed E-state index contributed by atoms with van der Waals surface area (Å²) in [7, 11) is 0. The minimum absolute atomic E-state index is 0.441. The Morgan fingerprint density at radius 1 is 1.09 bits per heavy atom. The van der Waals surface area contributed by atoms with Gasteiger partial charge in [0.2, 0.25) is 0 Å². The average Bonchev–Trinajstić information content (AvgIpc) is 3.47. The van der Waals surface area contributed by atoms with Crippen LogP contribution in [0.2, 0.25) is 0 Å². The van der Waals surface area contributed by atoms with Crippen LogP contribution in [0.15, 0.2) is 83.0 Å². The van der Waals surface area contributed by atoms with Gasteiger partial charge in [0, 0.05) is 5.92 Å². The van der Waals surface area contributed by atoms with E-state index in [0.717, 1.165) is 19.3 Å². The molecule has 0 nitrogen and oxygen atoms in total. The fourth-order valence-corrected chi connectivity index (χ4v) is 6.96. The zero-order chi connectivity index (χ0) is 22.4. The van der Waals surface area contributed by atoms with Crippen LogP contribution in [0.1, 0.15) is 69.6 Å². The highest BCUT2D eigenvalue weighted by Crippen LogP contribution is 2.56. The van der Waals surface area contributed by atoms with Gasteiger partial charge in [-0.2, -0.15) is 0 Å². The highest BCUT2D eigenvalue weighted by Gasteiger charge is 2.45. The van der Waals surface area contributed by atoms with E-state index in [1.165, 1.54) is 53.5 Å². The summed E-state index contributed by atoms with van der Waals surface area (Å²) in [6.07, 6.45) is 18.0. The van der Waals surface area contributed by atoms with E-state index in [9.17, 15) is 0 Å². The molecule has 1 saturated carbocycles. The zero-order valence-electron chi connectivity index (χ0n) is 20.2. The second-order valence-electron chi connectivity index (χ2n) is 10.7. The van der Waals surface area contributed by atoms with Crippen molar-refractivity contribution < 1.29 is 0 Å². The van der Waals surface area contributed by atoms with Crippen molar-refractivity contribution in [2.45, 2.75) is 65.7 Å². The predicted molar refractivity (Wildman–Crippen MR) is 138 cm³/mol. The van der Waals surface area contributed by atoms with Gasteiger partial charge in [0.1, 0.15) is 0 Å². The molecule has 0 bridgehead atoms. The first-order chi connectivity index (χ1) is 15.5. The van der Waals surface area contributed by atoms with E-state index in [4.69, 9.17) is 6.58 Å². The molecule has 0 heterocycles. The number of hydrogen-bond acceptors (Lipinski definition) is 0.